The zero-order valence-corrected chi connectivity index (χ0v) is 16.1. The zero-order chi connectivity index (χ0) is 15.2. The van der Waals surface area contributed by atoms with Crippen molar-refractivity contribution in [2.24, 2.45) is 0 Å². The average molecular weight is 307 g/mol. The van der Waals surface area contributed by atoms with E-state index in [1.165, 1.54) is 38.5 Å². The fraction of sp³-hybridized carbons (Fsp3) is 0.875. The van der Waals surface area contributed by atoms with Crippen LogP contribution in [0.3, 0.4) is 0 Å². The van der Waals surface area contributed by atoms with Crippen LogP contribution in [0.2, 0.25) is 0 Å². The molecule has 0 heterocycles. The van der Waals surface area contributed by atoms with Crippen molar-refractivity contribution in [2.75, 3.05) is 0 Å². The summed E-state index contributed by atoms with van der Waals surface area (Å²) in [6.07, 6.45) is 11.6. The Kier molecular flexibility index (Phi) is 18.0. The second-order valence-corrected chi connectivity index (χ2v) is 5.43. The van der Waals surface area contributed by atoms with Gasteiger partial charge in [0.25, 0.3) is 0 Å². The number of rotatable bonds is 13. The molecular weight excluding hydrogens is 277 g/mol. The van der Waals surface area contributed by atoms with E-state index in [1.807, 2.05) is 0 Å². The quantitative estimate of drug-likeness (QED) is 0.370. The SMILES string of the molecule is CCCCCCCCCCCC(=O)N[C@@H](CC)C(=O)[O-].[Na+]. The van der Waals surface area contributed by atoms with E-state index in [-0.39, 0.29) is 35.5 Å². The minimum atomic E-state index is -1.20. The summed E-state index contributed by atoms with van der Waals surface area (Å²) in [6, 6.07) is -0.846. The summed E-state index contributed by atoms with van der Waals surface area (Å²) >= 11 is 0. The number of carboxylic acids is 1. The third kappa shape index (κ3) is 14.6. The Hall–Kier alpha value is -0.0600. The maximum atomic E-state index is 11.5. The maximum Gasteiger partial charge on any atom is 1.00 e. The van der Waals surface area contributed by atoms with Crippen molar-refractivity contribution in [1.29, 1.82) is 0 Å². The van der Waals surface area contributed by atoms with Gasteiger partial charge >= 0.3 is 29.6 Å². The molecule has 0 bridgehead atoms. The Bertz CT molecular complexity index is 272. The number of carbonyl (C=O) groups excluding carboxylic acids is 2. The second-order valence-electron chi connectivity index (χ2n) is 5.43. The predicted molar refractivity (Wildman–Crippen MR) is 79.1 cm³/mol. The van der Waals surface area contributed by atoms with Gasteiger partial charge in [-0.25, -0.2) is 0 Å². The Morgan fingerprint density at radius 3 is 1.81 bits per heavy atom. The first-order valence-electron chi connectivity index (χ1n) is 8.12. The smallest absolute Gasteiger partial charge is 0.548 e. The molecule has 0 fully saturated rings. The number of unbranched alkanes of at least 4 members (excludes halogenated alkanes) is 8. The van der Waals surface area contributed by atoms with Gasteiger partial charge in [0.2, 0.25) is 5.91 Å². The summed E-state index contributed by atoms with van der Waals surface area (Å²) in [5, 5.41) is 13.2. The zero-order valence-electron chi connectivity index (χ0n) is 14.1. The first-order valence-corrected chi connectivity index (χ1v) is 8.12. The van der Waals surface area contributed by atoms with Crippen LogP contribution in [0.25, 0.3) is 0 Å². The van der Waals surface area contributed by atoms with Crippen LogP contribution in [-0.2, 0) is 9.59 Å². The maximum absolute atomic E-state index is 11.5. The fourth-order valence-electron chi connectivity index (χ4n) is 2.19. The molecule has 0 aliphatic rings. The van der Waals surface area contributed by atoms with Gasteiger partial charge in [-0.2, -0.15) is 0 Å². The predicted octanol–water partition coefficient (Wildman–Crippen LogP) is -0.444. The van der Waals surface area contributed by atoms with Gasteiger partial charge < -0.3 is 15.2 Å². The molecule has 5 heteroatoms. The number of hydrogen-bond donors (Lipinski definition) is 1. The minimum absolute atomic E-state index is 0. The average Bonchev–Trinajstić information content (AvgIpc) is 2.42. The van der Waals surface area contributed by atoms with Crippen molar-refractivity contribution >= 4 is 11.9 Å². The molecule has 1 N–H and O–H groups in total. The molecule has 21 heavy (non-hydrogen) atoms. The summed E-state index contributed by atoms with van der Waals surface area (Å²) in [4.78, 5) is 22.2. The van der Waals surface area contributed by atoms with Crippen LogP contribution >= 0.6 is 0 Å². The van der Waals surface area contributed by atoms with Crippen LogP contribution in [0.1, 0.15) is 84.5 Å². The van der Waals surface area contributed by atoms with Gasteiger partial charge in [-0.05, 0) is 12.8 Å². The summed E-state index contributed by atoms with van der Waals surface area (Å²) in [7, 11) is 0. The van der Waals surface area contributed by atoms with Crippen LogP contribution in [0, 0.1) is 0 Å². The van der Waals surface area contributed by atoms with E-state index < -0.39 is 12.0 Å². The molecule has 0 aliphatic heterocycles. The molecule has 0 saturated carbocycles. The number of carbonyl (C=O) groups is 2. The van der Waals surface area contributed by atoms with Crippen molar-refractivity contribution in [1.82, 2.24) is 5.32 Å². The first-order chi connectivity index (χ1) is 9.61. The first kappa shape index (κ1) is 23.2. The number of carboxylic acid groups (broad SMARTS) is 1. The molecule has 0 aromatic rings. The monoisotopic (exact) mass is 307 g/mol. The molecule has 0 spiro atoms. The number of hydrogen-bond acceptors (Lipinski definition) is 3. The largest absolute Gasteiger partial charge is 1.00 e. The molecule has 0 unspecified atom stereocenters. The summed E-state index contributed by atoms with van der Waals surface area (Å²) < 4.78 is 0. The van der Waals surface area contributed by atoms with E-state index in [2.05, 4.69) is 12.2 Å². The third-order valence-electron chi connectivity index (χ3n) is 3.54. The van der Waals surface area contributed by atoms with E-state index in [9.17, 15) is 14.7 Å². The van der Waals surface area contributed by atoms with Crippen LogP contribution < -0.4 is 40.0 Å². The van der Waals surface area contributed by atoms with E-state index in [4.69, 9.17) is 0 Å². The van der Waals surface area contributed by atoms with Crippen LogP contribution in [-0.4, -0.2) is 17.9 Å². The van der Waals surface area contributed by atoms with Gasteiger partial charge in [0.1, 0.15) is 0 Å². The Morgan fingerprint density at radius 2 is 1.38 bits per heavy atom. The van der Waals surface area contributed by atoms with E-state index in [0.29, 0.717) is 12.8 Å². The van der Waals surface area contributed by atoms with Gasteiger partial charge in [0, 0.05) is 6.42 Å². The summed E-state index contributed by atoms with van der Waals surface area (Å²) in [5.41, 5.74) is 0. The number of aliphatic carboxylic acids is 1. The van der Waals surface area contributed by atoms with E-state index in [1.54, 1.807) is 6.92 Å². The number of nitrogens with one attached hydrogen (secondary N) is 1. The van der Waals surface area contributed by atoms with Crippen LogP contribution in [0.5, 0.6) is 0 Å². The van der Waals surface area contributed by atoms with Gasteiger partial charge in [0.15, 0.2) is 0 Å². The fourth-order valence-corrected chi connectivity index (χ4v) is 2.19. The van der Waals surface area contributed by atoms with Crippen molar-refractivity contribution in [3.8, 4) is 0 Å². The summed E-state index contributed by atoms with van der Waals surface area (Å²) in [5.74, 6) is -1.38. The number of amides is 1. The topological polar surface area (TPSA) is 69.2 Å². The van der Waals surface area contributed by atoms with Crippen LogP contribution in [0.4, 0.5) is 0 Å². The minimum Gasteiger partial charge on any atom is -0.548 e. The van der Waals surface area contributed by atoms with Crippen molar-refractivity contribution in [2.45, 2.75) is 90.5 Å². The van der Waals surface area contributed by atoms with Gasteiger partial charge in [-0.1, -0.05) is 65.2 Å². The summed E-state index contributed by atoms with van der Waals surface area (Å²) in [6.45, 7) is 3.94. The van der Waals surface area contributed by atoms with Crippen molar-refractivity contribution < 1.29 is 44.3 Å². The normalized spacial score (nSPS) is 11.5. The van der Waals surface area contributed by atoms with Crippen LogP contribution in [0.15, 0.2) is 0 Å². The molecule has 0 aromatic carbocycles. The molecule has 0 aliphatic carbocycles. The molecule has 1 atom stereocenters. The molecule has 118 valence electrons. The second kappa shape index (κ2) is 16.3. The Balaban J connectivity index is 0. The van der Waals surface area contributed by atoms with Crippen molar-refractivity contribution in [3.05, 3.63) is 0 Å². The molecule has 4 nitrogen and oxygen atoms in total. The molecule has 0 saturated heterocycles. The van der Waals surface area contributed by atoms with Gasteiger partial charge in [-0.15, -0.1) is 0 Å². The third-order valence-corrected chi connectivity index (χ3v) is 3.54. The molecular formula is C16H30NNaO3. The molecule has 0 radical (unpaired) electrons. The van der Waals surface area contributed by atoms with E-state index >= 15 is 0 Å². The molecule has 0 rings (SSSR count). The molecule has 1 amide bonds. The van der Waals surface area contributed by atoms with E-state index in [0.717, 1.165) is 19.3 Å². The van der Waals surface area contributed by atoms with Gasteiger partial charge in [-0.3, -0.25) is 4.79 Å². The standard InChI is InChI=1S/C16H31NO3.Na/c1-3-5-6-7-8-9-10-11-12-13-15(18)17-14(4-2)16(19)20;/h14H,3-13H2,1-2H3,(H,17,18)(H,19,20);/q;+1/p-1/t14-;/m0./s1. The van der Waals surface area contributed by atoms with Crippen molar-refractivity contribution in [3.63, 3.8) is 0 Å². The Morgan fingerprint density at radius 1 is 0.905 bits per heavy atom. The van der Waals surface area contributed by atoms with Gasteiger partial charge in [0.05, 0.1) is 12.0 Å². The Labute approximate surface area is 151 Å². The molecule has 0 aromatic heterocycles.